The first-order valence-corrected chi connectivity index (χ1v) is 11.0. The van der Waals surface area contributed by atoms with Gasteiger partial charge in [-0.3, -0.25) is 4.79 Å². The molecule has 1 fully saturated rings. The summed E-state index contributed by atoms with van der Waals surface area (Å²) in [5.41, 5.74) is 4.07. The summed E-state index contributed by atoms with van der Waals surface area (Å²) < 4.78 is 5.75. The van der Waals surface area contributed by atoms with Crippen molar-refractivity contribution in [3.63, 3.8) is 0 Å². The van der Waals surface area contributed by atoms with Gasteiger partial charge in [-0.15, -0.1) is 0 Å². The minimum atomic E-state index is -0.772. The van der Waals surface area contributed by atoms with Gasteiger partial charge >= 0.3 is 5.97 Å². The van der Waals surface area contributed by atoms with Gasteiger partial charge in [0.15, 0.2) is 0 Å². The Labute approximate surface area is 184 Å². The first-order chi connectivity index (χ1) is 14.4. The Bertz CT molecular complexity index is 854. The van der Waals surface area contributed by atoms with Crippen molar-refractivity contribution in [3.05, 3.63) is 53.1 Å². The van der Waals surface area contributed by atoms with E-state index in [2.05, 4.69) is 42.3 Å². The van der Waals surface area contributed by atoms with E-state index in [1.54, 1.807) is 0 Å². The van der Waals surface area contributed by atoms with Crippen LogP contribution in [0, 0.1) is 5.92 Å². The van der Waals surface area contributed by atoms with Crippen LogP contribution >= 0.6 is 11.6 Å². The Morgan fingerprint density at radius 2 is 2.00 bits per heavy atom. The third-order valence-electron chi connectivity index (χ3n) is 5.77. The molecular formula is C24H31ClN2O3. The molecular weight excluding hydrogens is 400 g/mol. The van der Waals surface area contributed by atoms with E-state index in [4.69, 9.17) is 16.3 Å². The predicted molar refractivity (Wildman–Crippen MR) is 123 cm³/mol. The van der Waals surface area contributed by atoms with Crippen LogP contribution in [0.4, 0.5) is 17.1 Å². The smallest absolute Gasteiger partial charge is 0.303 e. The molecule has 2 atom stereocenters. The number of halogens is 1. The van der Waals surface area contributed by atoms with E-state index in [9.17, 15) is 9.90 Å². The van der Waals surface area contributed by atoms with Crippen LogP contribution in [0.25, 0.3) is 0 Å². The predicted octanol–water partition coefficient (Wildman–Crippen LogP) is 5.91. The molecule has 3 rings (SSSR count). The largest absolute Gasteiger partial charge is 0.481 e. The van der Waals surface area contributed by atoms with Crippen LogP contribution in [0.3, 0.4) is 0 Å². The number of rotatable bonds is 8. The van der Waals surface area contributed by atoms with Crippen molar-refractivity contribution < 1.29 is 14.6 Å². The zero-order valence-electron chi connectivity index (χ0n) is 17.9. The van der Waals surface area contributed by atoms with Crippen molar-refractivity contribution in [2.24, 2.45) is 5.92 Å². The number of nitrogens with zero attached hydrogens (tertiary/aromatic N) is 1. The lowest BCUT2D eigenvalue weighted by Crippen LogP contribution is -2.48. The number of aliphatic carboxylic acids is 1. The first-order valence-electron chi connectivity index (χ1n) is 10.6. The number of benzene rings is 2. The minimum Gasteiger partial charge on any atom is -0.481 e. The van der Waals surface area contributed by atoms with E-state index in [-0.39, 0.29) is 18.4 Å². The lowest BCUT2D eigenvalue weighted by atomic mass is 9.92. The Morgan fingerprint density at radius 1 is 1.27 bits per heavy atom. The SMILES string of the molecule is CCC(CC(=O)O)c1ccc(N2CCOCC2C(C)C)c(Nc2ccc(Cl)cc2)c1. The van der Waals surface area contributed by atoms with E-state index in [1.165, 1.54) is 0 Å². The molecule has 0 amide bonds. The molecule has 0 saturated carbocycles. The lowest BCUT2D eigenvalue weighted by Gasteiger charge is -2.40. The summed E-state index contributed by atoms with van der Waals surface area (Å²) in [6.07, 6.45) is 0.903. The fraction of sp³-hybridized carbons (Fsp3) is 0.458. The van der Waals surface area contributed by atoms with Crippen LogP contribution in [0.15, 0.2) is 42.5 Å². The second kappa shape index (κ2) is 10.2. The molecule has 30 heavy (non-hydrogen) atoms. The first kappa shape index (κ1) is 22.4. The number of nitrogens with one attached hydrogen (secondary N) is 1. The molecule has 0 radical (unpaired) electrons. The van der Waals surface area contributed by atoms with E-state index in [0.29, 0.717) is 24.2 Å². The normalized spacial score (nSPS) is 17.8. The van der Waals surface area contributed by atoms with E-state index in [0.717, 1.165) is 35.6 Å². The fourth-order valence-electron chi connectivity index (χ4n) is 4.03. The van der Waals surface area contributed by atoms with Crippen molar-refractivity contribution in [2.75, 3.05) is 30.0 Å². The highest BCUT2D eigenvalue weighted by Crippen LogP contribution is 2.37. The van der Waals surface area contributed by atoms with Gasteiger partial charge < -0.3 is 20.1 Å². The Hall–Kier alpha value is -2.24. The third-order valence-corrected chi connectivity index (χ3v) is 6.03. The number of carboxylic acids is 1. The Kier molecular flexibility index (Phi) is 7.62. The third kappa shape index (κ3) is 5.46. The molecule has 1 saturated heterocycles. The minimum absolute atomic E-state index is 0.0205. The molecule has 1 heterocycles. The molecule has 5 nitrogen and oxygen atoms in total. The summed E-state index contributed by atoms with van der Waals surface area (Å²) >= 11 is 6.05. The molecule has 2 aromatic rings. The quantitative estimate of drug-likeness (QED) is 0.544. The maximum Gasteiger partial charge on any atom is 0.303 e. The number of carbonyl (C=O) groups is 1. The van der Waals surface area contributed by atoms with E-state index in [1.807, 2.05) is 31.2 Å². The summed E-state index contributed by atoms with van der Waals surface area (Å²) in [6, 6.07) is 14.2. The average molecular weight is 431 g/mol. The number of hydrogen-bond donors (Lipinski definition) is 2. The van der Waals surface area contributed by atoms with Crippen LogP contribution in [0.2, 0.25) is 5.02 Å². The number of morpholine rings is 1. The van der Waals surface area contributed by atoms with Gasteiger partial charge in [0, 0.05) is 17.3 Å². The number of carboxylic acid groups (broad SMARTS) is 1. The summed E-state index contributed by atoms with van der Waals surface area (Å²) in [7, 11) is 0. The molecule has 6 heteroatoms. The summed E-state index contributed by atoms with van der Waals surface area (Å²) in [5.74, 6) is -0.345. The maximum absolute atomic E-state index is 11.3. The zero-order valence-corrected chi connectivity index (χ0v) is 18.7. The standard InChI is InChI=1S/C24H31ClN2O3/c1-4-17(14-24(28)29)18-5-10-22(27-11-12-30-15-23(27)16(2)3)21(13-18)26-20-8-6-19(25)7-9-20/h5-10,13,16-17,23,26H,4,11-12,14-15H2,1-3H3,(H,28,29). The van der Waals surface area contributed by atoms with Crippen molar-refractivity contribution >= 4 is 34.6 Å². The van der Waals surface area contributed by atoms with Crippen molar-refractivity contribution in [2.45, 2.75) is 45.6 Å². The molecule has 2 aromatic carbocycles. The van der Waals surface area contributed by atoms with Gasteiger partial charge in [-0.05, 0) is 60.2 Å². The van der Waals surface area contributed by atoms with Crippen LogP contribution in [-0.4, -0.2) is 36.9 Å². The molecule has 0 spiro atoms. The fourth-order valence-corrected chi connectivity index (χ4v) is 4.16. The molecule has 0 aromatic heterocycles. The maximum atomic E-state index is 11.3. The summed E-state index contributed by atoms with van der Waals surface area (Å²) in [6.45, 7) is 8.69. The second-order valence-corrected chi connectivity index (χ2v) is 8.63. The summed E-state index contributed by atoms with van der Waals surface area (Å²) in [4.78, 5) is 13.7. The summed E-state index contributed by atoms with van der Waals surface area (Å²) in [5, 5.41) is 13.5. The molecule has 1 aliphatic heterocycles. The van der Waals surface area contributed by atoms with E-state index < -0.39 is 5.97 Å². The van der Waals surface area contributed by atoms with Gasteiger partial charge in [0.1, 0.15) is 0 Å². The molecule has 1 aliphatic rings. The van der Waals surface area contributed by atoms with Crippen molar-refractivity contribution in [1.82, 2.24) is 0 Å². The molecule has 2 unspecified atom stereocenters. The lowest BCUT2D eigenvalue weighted by molar-refractivity contribution is -0.137. The Morgan fingerprint density at radius 3 is 2.63 bits per heavy atom. The monoisotopic (exact) mass is 430 g/mol. The highest BCUT2D eigenvalue weighted by molar-refractivity contribution is 6.30. The van der Waals surface area contributed by atoms with E-state index >= 15 is 0 Å². The zero-order chi connectivity index (χ0) is 21.7. The topological polar surface area (TPSA) is 61.8 Å². The number of hydrogen-bond acceptors (Lipinski definition) is 4. The van der Waals surface area contributed by atoms with Crippen LogP contribution in [0.5, 0.6) is 0 Å². The highest BCUT2D eigenvalue weighted by Gasteiger charge is 2.28. The molecule has 2 N–H and O–H groups in total. The van der Waals surface area contributed by atoms with Crippen LogP contribution < -0.4 is 10.2 Å². The van der Waals surface area contributed by atoms with Gasteiger partial charge in [-0.1, -0.05) is 38.4 Å². The van der Waals surface area contributed by atoms with Crippen LogP contribution in [-0.2, 0) is 9.53 Å². The van der Waals surface area contributed by atoms with Gasteiger partial charge in [0.2, 0.25) is 0 Å². The molecule has 162 valence electrons. The van der Waals surface area contributed by atoms with Gasteiger partial charge in [-0.2, -0.15) is 0 Å². The van der Waals surface area contributed by atoms with Gasteiger partial charge in [0.05, 0.1) is 37.1 Å². The molecule has 0 aliphatic carbocycles. The highest BCUT2D eigenvalue weighted by atomic mass is 35.5. The Balaban J connectivity index is 2.01. The second-order valence-electron chi connectivity index (χ2n) is 8.19. The van der Waals surface area contributed by atoms with Gasteiger partial charge in [0.25, 0.3) is 0 Å². The number of anilines is 3. The molecule has 0 bridgehead atoms. The van der Waals surface area contributed by atoms with Crippen molar-refractivity contribution in [3.8, 4) is 0 Å². The van der Waals surface area contributed by atoms with Gasteiger partial charge in [-0.25, -0.2) is 0 Å². The van der Waals surface area contributed by atoms with Crippen molar-refractivity contribution in [1.29, 1.82) is 0 Å². The number of ether oxygens (including phenoxy) is 1. The van der Waals surface area contributed by atoms with Crippen LogP contribution in [0.1, 0.15) is 45.1 Å². The average Bonchev–Trinajstić information content (AvgIpc) is 2.73.